The molecule has 1 amide bonds. The number of rotatable bonds is 7. The Bertz CT molecular complexity index is 793. The van der Waals surface area contributed by atoms with Crippen LogP contribution in [0.15, 0.2) is 36.5 Å². The normalized spacial score (nSPS) is 15.2. The fraction of sp³-hybridized carbons (Fsp3) is 0.429. The Morgan fingerprint density at radius 2 is 2.11 bits per heavy atom. The standard InChI is InChI=1S/C21H26ClN3O3/c1-3-28-20-18(22)12-15(13-19(20)27-2)21(26)24-16-7-10-25(11-8-16)14-17-6-4-5-9-23-17/h4-6,9,12-13,16H,3,7-8,10-11,14H2,1-2H3,(H,24,26). The fourth-order valence-electron chi connectivity index (χ4n) is 3.36. The van der Waals surface area contributed by atoms with Crippen LogP contribution in [-0.4, -0.2) is 48.6 Å². The third-order valence-corrected chi connectivity index (χ3v) is 5.10. The van der Waals surface area contributed by atoms with Gasteiger partial charge in [-0.15, -0.1) is 0 Å². The Hall–Kier alpha value is -2.31. The van der Waals surface area contributed by atoms with Gasteiger partial charge in [0.05, 0.1) is 24.4 Å². The number of piperidine rings is 1. The number of benzene rings is 1. The van der Waals surface area contributed by atoms with Gasteiger partial charge in [-0.3, -0.25) is 14.7 Å². The van der Waals surface area contributed by atoms with Gasteiger partial charge in [0, 0.05) is 37.4 Å². The van der Waals surface area contributed by atoms with Gasteiger partial charge >= 0.3 is 0 Å². The molecule has 1 aromatic carbocycles. The van der Waals surface area contributed by atoms with Crippen molar-refractivity contribution in [2.75, 3.05) is 26.8 Å². The van der Waals surface area contributed by atoms with Crippen molar-refractivity contribution in [1.82, 2.24) is 15.2 Å². The van der Waals surface area contributed by atoms with E-state index in [1.807, 2.05) is 31.3 Å². The van der Waals surface area contributed by atoms with Gasteiger partial charge in [-0.05, 0) is 44.0 Å². The van der Waals surface area contributed by atoms with E-state index in [9.17, 15) is 4.79 Å². The average molecular weight is 404 g/mol. The van der Waals surface area contributed by atoms with Crippen molar-refractivity contribution in [3.63, 3.8) is 0 Å². The smallest absolute Gasteiger partial charge is 0.251 e. The molecule has 0 aliphatic carbocycles. The highest BCUT2D eigenvalue weighted by Gasteiger charge is 2.23. The van der Waals surface area contributed by atoms with Gasteiger partial charge in [-0.2, -0.15) is 0 Å². The van der Waals surface area contributed by atoms with E-state index in [0.717, 1.165) is 38.2 Å². The molecule has 1 aromatic heterocycles. The summed E-state index contributed by atoms with van der Waals surface area (Å²) >= 11 is 6.28. The van der Waals surface area contributed by atoms with Crippen LogP contribution in [0.25, 0.3) is 0 Å². The minimum atomic E-state index is -0.147. The summed E-state index contributed by atoms with van der Waals surface area (Å²) in [5.41, 5.74) is 1.54. The highest BCUT2D eigenvalue weighted by molar-refractivity contribution is 6.32. The van der Waals surface area contributed by atoms with E-state index in [1.54, 1.807) is 12.1 Å². The molecule has 0 bridgehead atoms. The van der Waals surface area contributed by atoms with Crippen LogP contribution in [0.3, 0.4) is 0 Å². The van der Waals surface area contributed by atoms with E-state index in [1.165, 1.54) is 7.11 Å². The molecular weight excluding hydrogens is 378 g/mol. The monoisotopic (exact) mass is 403 g/mol. The molecule has 7 heteroatoms. The van der Waals surface area contributed by atoms with Gasteiger partial charge in [0.1, 0.15) is 0 Å². The molecule has 2 heterocycles. The number of carbonyl (C=O) groups excluding carboxylic acids is 1. The number of hydrogen-bond donors (Lipinski definition) is 1. The Morgan fingerprint density at radius 3 is 2.75 bits per heavy atom. The van der Waals surface area contributed by atoms with Crippen molar-refractivity contribution in [3.05, 3.63) is 52.8 Å². The molecule has 0 radical (unpaired) electrons. The third kappa shape index (κ3) is 5.14. The fourth-order valence-corrected chi connectivity index (χ4v) is 3.63. The third-order valence-electron chi connectivity index (χ3n) is 4.81. The van der Waals surface area contributed by atoms with E-state index < -0.39 is 0 Å². The molecule has 150 valence electrons. The molecule has 0 unspecified atom stereocenters. The van der Waals surface area contributed by atoms with Gasteiger partial charge in [-0.25, -0.2) is 0 Å². The van der Waals surface area contributed by atoms with Crippen LogP contribution in [0.5, 0.6) is 11.5 Å². The summed E-state index contributed by atoms with van der Waals surface area (Å²) in [5, 5.41) is 3.49. The summed E-state index contributed by atoms with van der Waals surface area (Å²) in [7, 11) is 1.53. The van der Waals surface area contributed by atoms with E-state index in [-0.39, 0.29) is 11.9 Å². The van der Waals surface area contributed by atoms with E-state index in [2.05, 4.69) is 15.2 Å². The van der Waals surface area contributed by atoms with Crippen molar-refractivity contribution in [3.8, 4) is 11.5 Å². The Labute approximate surface area is 170 Å². The number of methoxy groups -OCH3 is 1. The maximum atomic E-state index is 12.7. The number of likely N-dealkylation sites (tertiary alicyclic amines) is 1. The van der Waals surface area contributed by atoms with E-state index >= 15 is 0 Å². The summed E-state index contributed by atoms with van der Waals surface area (Å²) < 4.78 is 10.8. The molecule has 0 atom stereocenters. The minimum Gasteiger partial charge on any atom is -0.493 e. The average Bonchev–Trinajstić information content (AvgIpc) is 2.71. The zero-order chi connectivity index (χ0) is 19.9. The van der Waals surface area contributed by atoms with Gasteiger partial charge in [-0.1, -0.05) is 17.7 Å². The number of nitrogens with zero attached hydrogens (tertiary/aromatic N) is 2. The summed E-state index contributed by atoms with van der Waals surface area (Å²) in [5.74, 6) is 0.780. The summed E-state index contributed by atoms with van der Waals surface area (Å²) in [6.07, 6.45) is 3.62. The number of carbonyl (C=O) groups is 1. The molecule has 6 nitrogen and oxygen atoms in total. The number of halogens is 1. The van der Waals surface area contributed by atoms with E-state index in [0.29, 0.717) is 28.7 Å². The van der Waals surface area contributed by atoms with Gasteiger partial charge in [0.2, 0.25) is 0 Å². The van der Waals surface area contributed by atoms with Gasteiger partial charge in [0.25, 0.3) is 5.91 Å². The van der Waals surface area contributed by atoms with Crippen LogP contribution in [-0.2, 0) is 6.54 Å². The lowest BCUT2D eigenvalue weighted by atomic mass is 10.0. The molecule has 2 aromatic rings. The van der Waals surface area contributed by atoms with Crippen LogP contribution in [0.2, 0.25) is 5.02 Å². The Morgan fingerprint density at radius 1 is 1.32 bits per heavy atom. The van der Waals surface area contributed by atoms with Crippen molar-refractivity contribution in [2.45, 2.75) is 32.4 Å². The van der Waals surface area contributed by atoms with Gasteiger partial charge < -0.3 is 14.8 Å². The quantitative estimate of drug-likeness (QED) is 0.766. The molecule has 28 heavy (non-hydrogen) atoms. The first-order chi connectivity index (χ1) is 13.6. The van der Waals surface area contributed by atoms with Crippen LogP contribution in [0.1, 0.15) is 35.8 Å². The second-order valence-corrected chi connectivity index (χ2v) is 7.17. The lowest BCUT2D eigenvalue weighted by molar-refractivity contribution is 0.0908. The Balaban J connectivity index is 1.56. The molecule has 0 saturated carbocycles. The van der Waals surface area contributed by atoms with Crippen molar-refractivity contribution in [2.24, 2.45) is 0 Å². The molecule has 3 rings (SSSR count). The van der Waals surface area contributed by atoms with E-state index in [4.69, 9.17) is 21.1 Å². The summed E-state index contributed by atoms with van der Waals surface area (Å²) in [4.78, 5) is 19.4. The first-order valence-electron chi connectivity index (χ1n) is 9.54. The van der Waals surface area contributed by atoms with Crippen LogP contribution >= 0.6 is 11.6 Å². The summed E-state index contributed by atoms with van der Waals surface area (Å²) in [6.45, 7) is 5.03. The predicted molar refractivity (Wildman–Crippen MR) is 109 cm³/mol. The van der Waals surface area contributed by atoms with Crippen molar-refractivity contribution in [1.29, 1.82) is 0 Å². The molecule has 1 saturated heterocycles. The first kappa shape index (κ1) is 20.4. The zero-order valence-corrected chi connectivity index (χ0v) is 17.0. The highest BCUT2D eigenvalue weighted by Crippen LogP contribution is 2.36. The van der Waals surface area contributed by atoms with Gasteiger partial charge in [0.15, 0.2) is 11.5 Å². The highest BCUT2D eigenvalue weighted by atomic mass is 35.5. The molecular formula is C21H26ClN3O3. The lowest BCUT2D eigenvalue weighted by Gasteiger charge is -2.32. The SMILES string of the molecule is CCOc1c(Cl)cc(C(=O)NC2CCN(Cc3ccccn3)CC2)cc1OC. The molecule has 1 N–H and O–H groups in total. The largest absolute Gasteiger partial charge is 0.493 e. The Kier molecular flexibility index (Phi) is 7.12. The number of nitrogens with one attached hydrogen (secondary N) is 1. The molecule has 1 fully saturated rings. The van der Waals surface area contributed by atoms with Crippen LogP contribution < -0.4 is 14.8 Å². The van der Waals surface area contributed by atoms with Crippen LogP contribution in [0, 0.1) is 0 Å². The maximum Gasteiger partial charge on any atom is 0.251 e. The number of aromatic nitrogens is 1. The topological polar surface area (TPSA) is 63.7 Å². The lowest BCUT2D eigenvalue weighted by Crippen LogP contribution is -2.44. The number of pyridine rings is 1. The molecule has 0 spiro atoms. The van der Waals surface area contributed by atoms with Crippen molar-refractivity contribution >= 4 is 17.5 Å². The maximum absolute atomic E-state index is 12.7. The number of amides is 1. The second-order valence-electron chi connectivity index (χ2n) is 6.77. The van der Waals surface area contributed by atoms with Crippen molar-refractivity contribution < 1.29 is 14.3 Å². The number of hydrogen-bond acceptors (Lipinski definition) is 5. The van der Waals surface area contributed by atoms with Crippen LogP contribution in [0.4, 0.5) is 0 Å². The molecule has 1 aliphatic rings. The second kappa shape index (κ2) is 9.75. The zero-order valence-electron chi connectivity index (χ0n) is 16.3. The summed E-state index contributed by atoms with van der Waals surface area (Å²) in [6, 6.07) is 9.41. The number of ether oxygens (including phenoxy) is 2. The predicted octanol–water partition coefficient (Wildman–Crippen LogP) is 3.54. The first-order valence-corrected chi connectivity index (χ1v) is 9.92. The molecule has 1 aliphatic heterocycles. The minimum absolute atomic E-state index is 0.142.